The zero-order chi connectivity index (χ0) is 12.0. The van der Waals surface area contributed by atoms with Crippen molar-refractivity contribution in [2.45, 2.75) is 46.1 Å². The third kappa shape index (κ3) is 3.97. The summed E-state index contributed by atoms with van der Waals surface area (Å²) in [5.41, 5.74) is 0. The summed E-state index contributed by atoms with van der Waals surface area (Å²) in [5.74, 6) is 0.913. The Morgan fingerprint density at radius 3 is 2.50 bits per heavy atom. The van der Waals surface area contributed by atoms with E-state index in [1.54, 1.807) is 6.07 Å². The molecule has 0 saturated carbocycles. The Morgan fingerprint density at radius 2 is 2.00 bits per heavy atom. The molecule has 1 heterocycles. The molecular formula is C12H20ClN3. The van der Waals surface area contributed by atoms with Gasteiger partial charge >= 0.3 is 0 Å². The van der Waals surface area contributed by atoms with Crippen LogP contribution >= 0.6 is 11.6 Å². The van der Waals surface area contributed by atoms with Crippen LogP contribution in [-0.4, -0.2) is 22.8 Å². The van der Waals surface area contributed by atoms with Crippen LogP contribution in [0, 0.1) is 0 Å². The third-order valence-corrected chi connectivity index (χ3v) is 2.74. The monoisotopic (exact) mass is 241 g/mol. The van der Waals surface area contributed by atoms with Gasteiger partial charge in [0.05, 0.1) is 0 Å². The SMILES string of the molecule is CCCCCN(c1ccc(Cl)nn1)C(C)C. The van der Waals surface area contributed by atoms with Gasteiger partial charge in [0.25, 0.3) is 0 Å². The quantitative estimate of drug-likeness (QED) is 0.714. The number of aromatic nitrogens is 2. The molecule has 1 rings (SSSR count). The molecule has 90 valence electrons. The van der Waals surface area contributed by atoms with Crippen LogP contribution in [0.25, 0.3) is 0 Å². The van der Waals surface area contributed by atoms with Gasteiger partial charge in [0.15, 0.2) is 11.0 Å². The Hall–Kier alpha value is -0.830. The second-order valence-electron chi connectivity index (χ2n) is 4.21. The average molecular weight is 242 g/mol. The average Bonchev–Trinajstić information content (AvgIpc) is 2.26. The van der Waals surface area contributed by atoms with Crippen molar-refractivity contribution in [3.8, 4) is 0 Å². The molecule has 16 heavy (non-hydrogen) atoms. The highest BCUT2D eigenvalue weighted by Crippen LogP contribution is 2.15. The van der Waals surface area contributed by atoms with Crippen LogP contribution < -0.4 is 4.90 Å². The number of unbranched alkanes of at least 4 members (excludes halogenated alkanes) is 2. The number of halogens is 1. The molecule has 0 spiro atoms. The summed E-state index contributed by atoms with van der Waals surface area (Å²) in [6.45, 7) is 7.58. The van der Waals surface area contributed by atoms with E-state index in [9.17, 15) is 0 Å². The molecule has 1 aromatic heterocycles. The summed E-state index contributed by atoms with van der Waals surface area (Å²) in [6, 6.07) is 4.16. The summed E-state index contributed by atoms with van der Waals surface area (Å²) in [4.78, 5) is 2.26. The van der Waals surface area contributed by atoms with E-state index in [1.807, 2.05) is 6.07 Å². The molecule has 0 aromatic carbocycles. The van der Waals surface area contributed by atoms with E-state index in [0.29, 0.717) is 11.2 Å². The van der Waals surface area contributed by atoms with E-state index in [2.05, 4.69) is 35.9 Å². The van der Waals surface area contributed by atoms with Gasteiger partial charge < -0.3 is 4.90 Å². The van der Waals surface area contributed by atoms with Gasteiger partial charge in [-0.2, -0.15) is 0 Å². The highest BCUT2D eigenvalue weighted by atomic mass is 35.5. The number of anilines is 1. The molecule has 0 N–H and O–H groups in total. The second-order valence-corrected chi connectivity index (χ2v) is 4.60. The molecule has 0 amide bonds. The van der Waals surface area contributed by atoms with E-state index in [4.69, 9.17) is 11.6 Å². The molecule has 0 unspecified atom stereocenters. The Bertz CT molecular complexity index is 298. The molecule has 0 aliphatic rings. The predicted molar refractivity (Wildman–Crippen MR) is 69.0 cm³/mol. The fourth-order valence-electron chi connectivity index (χ4n) is 1.63. The molecule has 0 aliphatic heterocycles. The maximum absolute atomic E-state index is 5.73. The lowest BCUT2D eigenvalue weighted by atomic mass is 10.2. The normalized spacial score (nSPS) is 10.8. The van der Waals surface area contributed by atoms with E-state index >= 15 is 0 Å². The Balaban J connectivity index is 2.65. The Labute approximate surface area is 103 Å². The van der Waals surface area contributed by atoms with Gasteiger partial charge in [-0.25, -0.2) is 0 Å². The van der Waals surface area contributed by atoms with Gasteiger partial charge in [-0.15, -0.1) is 10.2 Å². The zero-order valence-corrected chi connectivity index (χ0v) is 11.0. The van der Waals surface area contributed by atoms with Gasteiger partial charge in [-0.05, 0) is 32.4 Å². The highest BCUT2D eigenvalue weighted by Gasteiger charge is 2.11. The lowest BCUT2D eigenvalue weighted by Gasteiger charge is -2.27. The van der Waals surface area contributed by atoms with Crippen molar-refractivity contribution >= 4 is 17.4 Å². The molecule has 0 aliphatic carbocycles. The van der Waals surface area contributed by atoms with Crippen LogP contribution in [0.2, 0.25) is 5.15 Å². The van der Waals surface area contributed by atoms with Crippen LogP contribution in [0.1, 0.15) is 40.0 Å². The molecule has 0 radical (unpaired) electrons. The summed E-state index contributed by atoms with van der Waals surface area (Å²) in [5, 5.41) is 8.45. The van der Waals surface area contributed by atoms with Crippen LogP contribution in [0.3, 0.4) is 0 Å². The van der Waals surface area contributed by atoms with Gasteiger partial charge in [-0.3, -0.25) is 0 Å². The second kappa shape index (κ2) is 6.69. The molecule has 0 bridgehead atoms. The van der Waals surface area contributed by atoms with Crippen molar-refractivity contribution in [1.29, 1.82) is 0 Å². The fourth-order valence-corrected chi connectivity index (χ4v) is 1.73. The first-order chi connectivity index (χ1) is 7.65. The van der Waals surface area contributed by atoms with Crippen molar-refractivity contribution in [2.75, 3.05) is 11.4 Å². The molecule has 0 fully saturated rings. The van der Waals surface area contributed by atoms with Crippen molar-refractivity contribution < 1.29 is 0 Å². The maximum Gasteiger partial charge on any atom is 0.151 e. The zero-order valence-electron chi connectivity index (χ0n) is 10.3. The minimum Gasteiger partial charge on any atom is -0.353 e. The minimum absolute atomic E-state index is 0.437. The van der Waals surface area contributed by atoms with Crippen LogP contribution in [-0.2, 0) is 0 Å². The van der Waals surface area contributed by atoms with Gasteiger partial charge in [0.1, 0.15) is 0 Å². The maximum atomic E-state index is 5.73. The lowest BCUT2D eigenvalue weighted by molar-refractivity contribution is 0.616. The standard InChI is InChI=1S/C12H20ClN3/c1-4-5-6-9-16(10(2)3)12-8-7-11(13)14-15-12/h7-8,10H,4-6,9H2,1-3H3. The topological polar surface area (TPSA) is 29.0 Å². The van der Waals surface area contributed by atoms with Gasteiger partial charge in [0.2, 0.25) is 0 Å². The molecule has 1 aromatic rings. The summed E-state index contributed by atoms with van der Waals surface area (Å²) in [6.07, 6.45) is 3.68. The molecule has 0 saturated heterocycles. The predicted octanol–water partition coefficient (Wildman–Crippen LogP) is 3.54. The first-order valence-corrected chi connectivity index (χ1v) is 6.28. The smallest absolute Gasteiger partial charge is 0.151 e. The minimum atomic E-state index is 0.437. The summed E-state index contributed by atoms with van der Waals surface area (Å²) < 4.78 is 0. The Kier molecular flexibility index (Phi) is 5.53. The third-order valence-electron chi connectivity index (χ3n) is 2.54. The van der Waals surface area contributed by atoms with Crippen LogP contribution in [0.5, 0.6) is 0 Å². The number of nitrogens with zero attached hydrogens (tertiary/aromatic N) is 3. The van der Waals surface area contributed by atoms with Crippen molar-refractivity contribution in [1.82, 2.24) is 10.2 Å². The summed E-state index contributed by atoms with van der Waals surface area (Å²) >= 11 is 5.73. The van der Waals surface area contributed by atoms with Crippen LogP contribution in [0.4, 0.5) is 5.82 Å². The van der Waals surface area contributed by atoms with Gasteiger partial charge in [0, 0.05) is 12.6 Å². The Morgan fingerprint density at radius 1 is 1.25 bits per heavy atom. The van der Waals surface area contributed by atoms with Gasteiger partial charge in [-0.1, -0.05) is 31.4 Å². The molecule has 4 heteroatoms. The van der Waals surface area contributed by atoms with E-state index in [-0.39, 0.29) is 0 Å². The van der Waals surface area contributed by atoms with Crippen LogP contribution in [0.15, 0.2) is 12.1 Å². The first kappa shape index (κ1) is 13.2. The van der Waals surface area contributed by atoms with E-state index in [1.165, 1.54) is 19.3 Å². The van der Waals surface area contributed by atoms with Crippen molar-refractivity contribution in [2.24, 2.45) is 0 Å². The fraction of sp³-hybridized carbons (Fsp3) is 0.667. The van der Waals surface area contributed by atoms with E-state index < -0.39 is 0 Å². The number of hydrogen-bond donors (Lipinski definition) is 0. The molecular weight excluding hydrogens is 222 g/mol. The first-order valence-electron chi connectivity index (χ1n) is 5.91. The largest absolute Gasteiger partial charge is 0.353 e. The highest BCUT2D eigenvalue weighted by molar-refractivity contribution is 6.29. The van der Waals surface area contributed by atoms with E-state index in [0.717, 1.165) is 12.4 Å². The lowest BCUT2D eigenvalue weighted by Crippen LogP contribution is -2.32. The molecule has 3 nitrogen and oxygen atoms in total. The number of hydrogen-bond acceptors (Lipinski definition) is 3. The van der Waals surface area contributed by atoms with Crippen molar-refractivity contribution in [3.63, 3.8) is 0 Å². The number of rotatable bonds is 6. The molecule has 0 atom stereocenters. The summed E-state index contributed by atoms with van der Waals surface area (Å²) in [7, 11) is 0. The van der Waals surface area contributed by atoms with Crippen molar-refractivity contribution in [3.05, 3.63) is 17.3 Å².